The minimum absolute atomic E-state index is 0.0279. The summed E-state index contributed by atoms with van der Waals surface area (Å²) in [5.74, 6) is -0.159. The summed E-state index contributed by atoms with van der Waals surface area (Å²) in [5, 5.41) is 3.59. The number of para-hydroxylation sites is 1. The molecule has 2 N–H and O–H groups in total. The van der Waals surface area contributed by atoms with Crippen molar-refractivity contribution >= 4 is 22.9 Å². The summed E-state index contributed by atoms with van der Waals surface area (Å²) in [6.07, 6.45) is 0.853. The van der Waals surface area contributed by atoms with Gasteiger partial charge in [-0.3, -0.25) is 9.59 Å². The van der Waals surface area contributed by atoms with Crippen molar-refractivity contribution in [1.29, 1.82) is 0 Å². The van der Waals surface area contributed by atoms with E-state index in [1.807, 2.05) is 39.0 Å². The summed E-state index contributed by atoms with van der Waals surface area (Å²) < 4.78 is 5.28. The Morgan fingerprint density at radius 3 is 2.52 bits per heavy atom. The highest BCUT2D eigenvalue weighted by Gasteiger charge is 2.27. The van der Waals surface area contributed by atoms with Crippen LogP contribution in [-0.4, -0.2) is 46.6 Å². The van der Waals surface area contributed by atoms with Crippen LogP contribution in [0, 0.1) is 0 Å². The number of carbonyl (C=O) groups is 2. The number of rotatable bonds is 2. The van der Waals surface area contributed by atoms with E-state index in [9.17, 15) is 14.4 Å². The molecule has 27 heavy (non-hydrogen) atoms. The molecule has 0 aliphatic carbocycles. The van der Waals surface area contributed by atoms with E-state index in [4.69, 9.17) is 4.74 Å². The number of likely N-dealkylation sites (tertiary alicyclic amines) is 1. The third-order valence-electron chi connectivity index (χ3n) is 4.48. The molecule has 0 radical (unpaired) electrons. The molecule has 7 heteroatoms. The van der Waals surface area contributed by atoms with E-state index in [2.05, 4.69) is 10.3 Å². The van der Waals surface area contributed by atoms with Crippen molar-refractivity contribution in [2.45, 2.75) is 45.3 Å². The standard InChI is InChI=1S/C20H25N3O4/c1-20(2,3)27-19(26)21-13-8-10-23(11-9-13)18(25)15-12-17(24)22-16-7-5-4-6-14(15)16/h4-7,12-13H,8-11H2,1-3H3,(H,21,26)(H,22,24). The Morgan fingerprint density at radius 1 is 1.19 bits per heavy atom. The predicted octanol–water partition coefficient (Wildman–Crippen LogP) is 2.66. The molecule has 2 amide bonds. The van der Waals surface area contributed by atoms with Crippen LogP contribution in [0.2, 0.25) is 0 Å². The van der Waals surface area contributed by atoms with Gasteiger partial charge in [0.25, 0.3) is 5.91 Å². The monoisotopic (exact) mass is 371 g/mol. The zero-order chi connectivity index (χ0) is 19.6. The van der Waals surface area contributed by atoms with Gasteiger partial charge in [-0.15, -0.1) is 0 Å². The molecule has 1 fully saturated rings. The fraction of sp³-hybridized carbons (Fsp3) is 0.450. The second kappa shape index (κ2) is 7.42. The number of aromatic nitrogens is 1. The van der Waals surface area contributed by atoms with Crippen molar-refractivity contribution in [2.75, 3.05) is 13.1 Å². The van der Waals surface area contributed by atoms with Gasteiger partial charge in [0.1, 0.15) is 5.60 Å². The lowest BCUT2D eigenvalue weighted by Crippen LogP contribution is -2.47. The lowest BCUT2D eigenvalue weighted by Gasteiger charge is -2.33. The van der Waals surface area contributed by atoms with Gasteiger partial charge in [-0.1, -0.05) is 18.2 Å². The highest BCUT2D eigenvalue weighted by molar-refractivity contribution is 6.05. The maximum Gasteiger partial charge on any atom is 0.407 e. The van der Waals surface area contributed by atoms with Crippen molar-refractivity contribution in [2.24, 2.45) is 0 Å². The SMILES string of the molecule is CC(C)(C)OC(=O)NC1CCN(C(=O)c2cc(=O)[nH]c3ccccc23)CC1. The maximum absolute atomic E-state index is 12.9. The Bertz CT molecular complexity index is 905. The average molecular weight is 371 g/mol. The first kappa shape index (κ1) is 18.9. The van der Waals surface area contributed by atoms with Gasteiger partial charge in [0, 0.05) is 36.1 Å². The van der Waals surface area contributed by atoms with Crippen LogP contribution in [0.3, 0.4) is 0 Å². The number of fused-ring (bicyclic) bond motifs is 1. The zero-order valence-electron chi connectivity index (χ0n) is 15.9. The van der Waals surface area contributed by atoms with Crippen LogP contribution < -0.4 is 10.9 Å². The van der Waals surface area contributed by atoms with Gasteiger partial charge in [0.15, 0.2) is 0 Å². The van der Waals surface area contributed by atoms with Crippen LogP contribution in [0.25, 0.3) is 10.9 Å². The molecule has 1 aliphatic heterocycles. The topological polar surface area (TPSA) is 91.5 Å². The summed E-state index contributed by atoms with van der Waals surface area (Å²) in [6, 6.07) is 8.60. The van der Waals surface area contributed by atoms with Crippen LogP contribution in [0.1, 0.15) is 44.0 Å². The second-order valence-electron chi connectivity index (χ2n) is 7.81. The third kappa shape index (κ3) is 4.67. The maximum atomic E-state index is 12.9. The Hall–Kier alpha value is -2.83. The molecule has 0 bridgehead atoms. The summed E-state index contributed by atoms with van der Waals surface area (Å²) in [7, 11) is 0. The molecule has 1 aromatic carbocycles. The van der Waals surface area contributed by atoms with E-state index in [0.29, 0.717) is 37.0 Å². The van der Waals surface area contributed by atoms with Crippen LogP contribution in [0.4, 0.5) is 4.79 Å². The van der Waals surface area contributed by atoms with Gasteiger partial charge in [-0.05, 0) is 39.7 Å². The molecule has 144 valence electrons. The van der Waals surface area contributed by atoms with E-state index in [-0.39, 0.29) is 17.5 Å². The third-order valence-corrected chi connectivity index (χ3v) is 4.48. The molecule has 2 heterocycles. The Labute approximate surface area is 157 Å². The molecule has 1 aromatic heterocycles. The van der Waals surface area contributed by atoms with Gasteiger partial charge < -0.3 is 19.9 Å². The van der Waals surface area contributed by atoms with Crippen molar-refractivity contribution in [3.63, 3.8) is 0 Å². The quantitative estimate of drug-likeness (QED) is 0.849. The number of hydrogen-bond donors (Lipinski definition) is 2. The first-order valence-electron chi connectivity index (χ1n) is 9.14. The lowest BCUT2D eigenvalue weighted by molar-refractivity contribution is 0.0474. The second-order valence-corrected chi connectivity index (χ2v) is 7.81. The molecular weight excluding hydrogens is 346 g/mol. The van der Waals surface area contributed by atoms with Gasteiger partial charge in [-0.25, -0.2) is 4.79 Å². The number of hydrogen-bond acceptors (Lipinski definition) is 4. The highest BCUT2D eigenvalue weighted by atomic mass is 16.6. The molecule has 1 aliphatic rings. The van der Waals surface area contributed by atoms with Crippen LogP contribution in [0.15, 0.2) is 35.1 Å². The van der Waals surface area contributed by atoms with E-state index < -0.39 is 11.7 Å². The highest BCUT2D eigenvalue weighted by Crippen LogP contribution is 2.19. The molecule has 0 spiro atoms. The molecule has 2 aromatic rings. The molecule has 7 nitrogen and oxygen atoms in total. The van der Waals surface area contributed by atoms with Crippen LogP contribution in [0.5, 0.6) is 0 Å². The van der Waals surface area contributed by atoms with Gasteiger partial charge in [-0.2, -0.15) is 0 Å². The molecule has 3 rings (SSSR count). The smallest absolute Gasteiger partial charge is 0.407 e. The predicted molar refractivity (Wildman–Crippen MR) is 103 cm³/mol. The number of carbonyl (C=O) groups excluding carboxylic acids is 2. The number of benzene rings is 1. The van der Waals surface area contributed by atoms with Crippen molar-refractivity contribution in [1.82, 2.24) is 15.2 Å². The number of H-pyrrole nitrogens is 1. The summed E-state index contributed by atoms with van der Waals surface area (Å²) >= 11 is 0. The number of ether oxygens (including phenoxy) is 1. The van der Waals surface area contributed by atoms with E-state index in [1.54, 1.807) is 11.0 Å². The van der Waals surface area contributed by atoms with Gasteiger partial charge >= 0.3 is 6.09 Å². The number of piperidine rings is 1. The van der Waals surface area contributed by atoms with E-state index in [1.165, 1.54) is 6.07 Å². The lowest BCUT2D eigenvalue weighted by atomic mass is 10.0. The average Bonchev–Trinajstić information content (AvgIpc) is 2.59. The molecule has 0 unspecified atom stereocenters. The summed E-state index contributed by atoms with van der Waals surface area (Å²) in [4.78, 5) is 41.2. The molecular formula is C20H25N3O4. The minimum atomic E-state index is -0.540. The zero-order valence-corrected chi connectivity index (χ0v) is 15.9. The number of alkyl carbamates (subject to hydrolysis) is 1. The number of nitrogens with zero attached hydrogens (tertiary/aromatic N) is 1. The summed E-state index contributed by atoms with van der Waals surface area (Å²) in [5.41, 5.74) is 0.226. The minimum Gasteiger partial charge on any atom is -0.444 e. The van der Waals surface area contributed by atoms with Gasteiger partial charge in [0.2, 0.25) is 5.56 Å². The Morgan fingerprint density at radius 2 is 1.85 bits per heavy atom. The van der Waals surface area contributed by atoms with E-state index in [0.717, 1.165) is 5.39 Å². The molecule has 0 saturated carbocycles. The van der Waals surface area contributed by atoms with Crippen molar-refractivity contribution < 1.29 is 14.3 Å². The normalized spacial score (nSPS) is 15.6. The number of aromatic amines is 1. The van der Waals surface area contributed by atoms with Crippen LogP contribution in [-0.2, 0) is 4.74 Å². The van der Waals surface area contributed by atoms with Gasteiger partial charge in [0.05, 0.1) is 5.56 Å². The van der Waals surface area contributed by atoms with Crippen molar-refractivity contribution in [3.8, 4) is 0 Å². The number of nitrogens with one attached hydrogen (secondary N) is 2. The fourth-order valence-corrected chi connectivity index (χ4v) is 3.25. The molecule has 1 saturated heterocycles. The fourth-order valence-electron chi connectivity index (χ4n) is 3.25. The Balaban J connectivity index is 1.66. The van der Waals surface area contributed by atoms with Crippen LogP contribution >= 0.6 is 0 Å². The first-order chi connectivity index (χ1) is 12.7. The number of pyridine rings is 1. The largest absolute Gasteiger partial charge is 0.444 e. The Kier molecular flexibility index (Phi) is 5.21. The molecule has 0 atom stereocenters. The van der Waals surface area contributed by atoms with Crippen molar-refractivity contribution in [3.05, 3.63) is 46.2 Å². The first-order valence-corrected chi connectivity index (χ1v) is 9.14. The van der Waals surface area contributed by atoms with E-state index >= 15 is 0 Å². The summed E-state index contributed by atoms with van der Waals surface area (Å²) in [6.45, 7) is 6.49. The number of amides is 2.